The van der Waals surface area contributed by atoms with Gasteiger partial charge >= 0.3 is 12.0 Å². The maximum Gasteiger partial charge on any atom is 0.326 e. The van der Waals surface area contributed by atoms with Crippen molar-refractivity contribution in [2.75, 3.05) is 7.05 Å². The number of carboxylic acid groups (broad SMARTS) is 1. The van der Waals surface area contributed by atoms with E-state index in [1.54, 1.807) is 11.9 Å². The first-order valence-corrected chi connectivity index (χ1v) is 5.82. The molecule has 2 N–H and O–H groups in total. The summed E-state index contributed by atoms with van der Waals surface area (Å²) in [6.07, 6.45) is 4.41. The molecule has 0 unspecified atom stereocenters. The predicted octanol–water partition coefficient (Wildman–Crippen LogP) is 1.43. The van der Waals surface area contributed by atoms with Crippen molar-refractivity contribution in [1.82, 2.24) is 10.2 Å². The van der Waals surface area contributed by atoms with E-state index in [0.29, 0.717) is 6.42 Å². The molecule has 16 heavy (non-hydrogen) atoms. The lowest BCUT2D eigenvalue weighted by Crippen LogP contribution is -2.51. The zero-order chi connectivity index (χ0) is 12.1. The number of nitrogens with zero attached hydrogens (tertiary/aromatic N) is 1. The standard InChI is InChI=1S/C11H20N2O3/c1-3-5-9(10(14)15)12-11(16)13(2)8-6-4-7-8/h8-9H,3-7H2,1-2H3,(H,12,16)(H,14,15)/t9-/m0/s1. The summed E-state index contributed by atoms with van der Waals surface area (Å²) in [5, 5.41) is 11.5. The molecule has 5 nitrogen and oxygen atoms in total. The average molecular weight is 228 g/mol. The molecule has 1 rings (SSSR count). The Morgan fingerprint density at radius 3 is 2.50 bits per heavy atom. The fraction of sp³-hybridized carbons (Fsp3) is 0.818. The van der Waals surface area contributed by atoms with Crippen LogP contribution in [0.5, 0.6) is 0 Å². The summed E-state index contributed by atoms with van der Waals surface area (Å²) in [5.74, 6) is -0.961. The van der Waals surface area contributed by atoms with Crippen molar-refractivity contribution < 1.29 is 14.7 Å². The SMILES string of the molecule is CCC[C@H](NC(=O)N(C)C1CCC1)C(=O)O. The quantitative estimate of drug-likeness (QED) is 0.748. The van der Waals surface area contributed by atoms with E-state index in [2.05, 4.69) is 5.32 Å². The molecule has 1 atom stereocenters. The fourth-order valence-electron chi connectivity index (χ4n) is 1.74. The molecule has 0 aliphatic heterocycles. The summed E-state index contributed by atoms with van der Waals surface area (Å²) in [6.45, 7) is 1.90. The van der Waals surface area contributed by atoms with Crippen LogP contribution in [-0.2, 0) is 4.79 Å². The molecule has 2 amide bonds. The van der Waals surface area contributed by atoms with Crippen LogP contribution in [0.15, 0.2) is 0 Å². The van der Waals surface area contributed by atoms with Gasteiger partial charge in [-0.15, -0.1) is 0 Å². The lowest BCUT2D eigenvalue weighted by Gasteiger charge is -2.35. The predicted molar refractivity (Wildman–Crippen MR) is 60.3 cm³/mol. The Bertz CT molecular complexity index is 264. The van der Waals surface area contributed by atoms with Crippen molar-refractivity contribution in [2.24, 2.45) is 0 Å². The van der Waals surface area contributed by atoms with Crippen LogP contribution in [-0.4, -0.2) is 41.1 Å². The molecule has 1 aliphatic carbocycles. The number of rotatable bonds is 5. The molecule has 0 spiro atoms. The molecule has 0 saturated heterocycles. The molecule has 0 aromatic carbocycles. The Balaban J connectivity index is 2.43. The lowest BCUT2D eigenvalue weighted by molar-refractivity contribution is -0.139. The highest BCUT2D eigenvalue weighted by atomic mass is 16.4. The first kappa shape index (κ1) is 12.8. The molecule has 5 heteroatoms. The minimum absolute atomic E-state index is 0.273. The molecule has 1 saturated carbocycles. The van der Waals surface area contributed by atoms with Crippen LogP contribution in [0.3, 0.4) is 0 Å². The Kier molecular flexibility index (Phi) is 4.58. The first-order chi connectivity index (χ1) is 7.56. The molecule has 0 radical (unpaired) electrons. The molecule has 0 aromatic rings. The van der Waals surface area contributed by atoms with Crippen molar-refractivity contribution in [3.8, 4) is 0 Å². The molecular formula is C11H20N2O3. The third-order valence-corrected chi connectivity index (χ3v) is 3.12. The topological polar surface area (TPSA) is 69.6 Å². The molecule has 0 aromatic heterocycles. The summed E-state index contributed by atoms with van der Waals surface area (Å²) in [6, 6.07) is -0.748. The van der Waals surface area contributed by atoms with Crippen LogP contribution in [0.4, 0.5) is 4.79 Å². The van der Waals surface area contributed by atoms with Gasteiger partial charge < -0.3 is 15.3 Å². The zero-order valence-corrected chi connectivity index (χ0v) is 9.90. The van der Waals surface area contributed by atoms with E-state index in [1.807, 2.05) is 6.92 Å². The summed E-state index contributed by atoms with van der Waals surface area (Å²) in [5.41, 5.74) is 0. The number of hydrogen-bond donors (Lipinski definition) is 2. The number of nitrogens with one attached hydrogen (secondary N) is 1. The summed E-state index contributed by atoms with van der Waals surface area (Å²) in [7, 11) is 1.73. The Morgan fingerprint density at radius 1 is 1.50 bits per heavy atom. The van der Waals surface area contributed by atoms with E-state index in [0.717, 1.165) is 25.7 Å². The zero-order valence-electron chi connectivity index (χ0n) is 9.90. The Morgan fingerprint density at radius 2 is 2.12 bits per heavy atom. The second-order valence-corrected chi connectivity index (χ2v) is 4.32. The van der Waals surface area contributed by atoms with E-state index < -0.39 is 12.0 Å². The van der Waals surface area contributed by atoms with Gasteiger partial charge in [-0.05, 0) is 25.7 Å². The van der Waals surface area contributed by atoms with Gasteiger partial charge in [0, 0.05) is 13.1 Å². The van der Waals surface area contributed by atoms with Gasteiger partial charge in [-0.3, -0.25) is 0 Å². The monoisotopic (exact) mass is 228 g/mol. The molecule has 1 fully saturated rings. The van der Waals surface area contributed by atoms with Gasteiger partial charge in [-0.1, -0.05) is 13.3 Å². The van der Waals surface area contributed by atoms with Crippen molar-refractivity contribution in [3.63, 3.8) is 0 Å². The number of urea groups is 1. The van der Waals surface area contributed by atoms with Crippen LogP contribution in [0.2, 0.25) is 0 Å². The van der Waals surface area contributed by atoms with Crippen LogP contribution >= 0.6 is 0 Å². The van der Waals surface area contributed by atoms with Gasteiger partial charge in [0.1, 0.15) is 6.04 Å². The number of amides is 2. The minimum atomic E-state index is -0.961. The molecule has 92 valence electrons. The van der Waals surface area contributed by atoms with E-state index in [9.17, 15) is 9.59 Å². The maximum atomic E-state index is 11.7. The number of hydrogen-bond acceptors (Lipinski definition) is 2. The lowest BCUT2D eigenvalue weighted by atomic mass is 9.92. The van der Waals surface area contributed by atoms with E-state index >= 15 is 0 Å². The smallest absolute Gasteiger partial charge is 0.326 e. The number of aliphatic carboxylic acids is 1. The van der Waals surface area contributed by atoms with E-state index in [1.165, 1.54) is 0 Å². The van der Waals surface area contributed by atoms with Crippen molar-refractivity contribution in [2.45, 2.75) is 51.1 Å². The van der Waals surface area contributed by atoms with E-state index in [4.69, 9.17) is 5.11 Å². The van der Waals surface area contributed by atoms with Gasteiger partial charge in [0.2, 0.25) is 0 Å². The van der Waals surface area contributed by atoms with Gasteiger partial charge in [0.25, 0.3) is 0 Å². The van der Waals surface area contributed by atoms with Crippen LogP contribution in [0, 0.1) is 0 Å². The normalized spacial score (nSPS) is 17.4. The van der Waals surface area contributed by atoms with Gasteiger partial charge in [0.15, 0.2) is 0 Å². The third kappa shape index (κ3) is 3.12. The van der Waals surface area contributed by atoms with Gasteiger partial charge in [-0.25, -0.2) is 9.59 Å². The Hall–Kier alpha value is -1.26. The summed E-state index contributed by atoms with van der Waals surface area (Å²) < 4.78 is 0. The average Bonchev–Trinajstić information content (AvgIpc) is 2.13. The number of carboxylic acids is 1. The number of carbonyl (C=O) groups is 2. The molecule has 0 bridgehead atoms. The van der Waals surface area contributed by atoms with Crippen LogP contribution < -0.4 is 5.32 Å². The van der Waals surface area contributed by atoms with Gasteiger partial charge in [0.05, 0.1) is 0 Å². The Labute approximate surface area is 95.8 Å². The van der Waals surface area contributed by atoms with Crippen LogP contribution in [0.25, 0.3) is 0 Å². The highest BCUT2D eigenvalue weighted by Crippen LogP contribution is 2.23. The highest BCUT2D eigenvalue weighted by molar-refractivity contribution is 5.82. The second-order valence-electron chi connectivity index (χ2n) is 4.32. The summed E-state index contributed by atoms with van der Waals surface area (Å²) >= 11 is 0. The maximum absolute atomic E-state index is 11.7. The van der Waals surface area contributed by atoms with Crippen molar-refractivity contribution in [3.05, 3.63) is 0 Å². The molecule has 1 aliphatic rings. The van der Waals surface area contributed by atoms with Crippen molar-refractivity contribution in [1.29, 1.82) is 0 Å². The van der Waals surface area contributed by atoms with Gasteiger partial charge in [-0.2, -0.15) is 0 Å². The van der Waals surface area contributed by atoms with E-state index in [-0.39, 0.29) is 12.1 Å². The summed E-state index contributed by atoms with van der Waals surface area (Å²) in [4.78, 5) is 24.2. The fourth-order valence-corrected chi connectivity index (χ4v) is 1.74. The minimum Gasteiger partial charge on any atom is -0.480 e. The molecule has 0 heterocycles. The largest absolute Gasteiger partial charge is 0.480 e. The molecular weight excluding hydrogens is 208 g/mol. The number of carbonyl (C=O) groups excluding carboxylic acids is 1. The first-order valence-electron chi connectivity index (χ1n) is 5.82. The van der Waals surface area contributed by atoms with Crippen molar-refractivity contribution >= 4 is 12.0 Å². The highest BCUT2D eigenvalue weighted by Gasteiger charge is 2.28. The second kappa shape index (κ2) is 5.72. The third-order valence-electron chi connectivity index (χ3n) is 3.12. The van der Waals surface area contributed by atoms with Crippen LogP contribution in [0.1, 0.15) is 39.0 Å².